The highest BCUT2D eigenvalue weighted by atomic mass is 19.1. The SMILES string of the molecule is Cc1ccc(CNC(=O)c2cn[nH]c2)cc1F. The van der Waals surface area contributed by atoms with Crippen molar-refractivity contribution in [2.75, 3.05) is 0 Å². The van der Waals surface area contributed by atoms with Gasteiger partial charge in [0.2, 0.25) is 0 Å². The third-order valence-electron chi connectivity index (χ3n) is 2.45. The molecule has 0 bridgehead atoms. The summed E-state index contributed by atoms with van der Waals surface area (Å²) in [7, 11) is 0. The van der Waals surface area contributed by atoms with Crippen molar-refractivity contribution in [3.63, 3.8) is 0 Å². The number of halogens is 1. The normalized spacial score (nSPS) is 10.2. The Kier molecular flexibility index (Phi) is 3.18. The van der Waals surface area contributed by atoms with E-state index < -0.39 is 0 Å². The van der Waals surface area contributed by atoms with E-state index >= 15 is 0 Å². The Morgan fingerprint density at radius 3 is 3.00 bits per heavy atom. The number of hydrogen-bond acceptors (Lipinski definition) is 2. The van der Waals surface area contributed by atoms with Crippen molar-refractivity contribution in [3.05, 3.63) is 53.1 Å². The highest BCUT2D eigenvalue weighted by molar-refractivity contribution is 5.93. The quantitative estimate of drug-likeness (QED) is 0.849. The third-order valence-corrected chi connectivity index (χ3v) is 2.45. The van der Waals surface area contributed by atoms with Gasteiger partial charge >= 0.3 is 0 Å². The maximum atomic E-state index is 13.2. The number of aromatic nitrogens is 2. The molecule has 0 radical (unpaired) electrons. The van der Waals surface area contributed by atoms with E-state index in [1.807, 2.05) is 0 Å². The number of carbonyl (C=O) groups excluding carboxylic acids is 1. The van der Waals surface area contributed by atoms with Crippen molar-refractivity contribution in [1.29, 1.82) is 0 Å². The lowest BCUT2D eigenvalue weighted by molar-refractivity contribution is 0.0951. The number of nitrogens with zero attached hydrogens (tertiary/aromatic N) is 1. The van der Waals surface area contributed by atoms with Crippen molar-refractivity contribution in [1.82, 2.24) is 15.5 Å². The average Bonchev–Trinajstić information content (AvgIpc) is 2.84. The predicted octanol–water partition coefficient (Wildman–Crippen LogP) is 1.79. The summed E-state index contributed by atoms with van der Waals surface area (Å²) in [4.78, 5) is 11.6. The van der Waals surface area contributed by atoms with E-state index in [2.05, 4.69) is 15.5 Å². The molecule has 0 aliphatic heterocycles. The summed E-state index contributed by atoms with van der Waals surface area (Å²) in [5.41, 5.74) is 1.78. The van der Waals surface area contributed by atoms with Gasteiger partial charge in [-0.3, -0.25) is 9.89 Å². The summed E-state index contributed by atoms with van der Waals surface area (Å²) >= 11 is 0. The van der Waals surface area contributed by atoms with Crippen LogP contribution < -0.4 is 5.32 Å². The number of benzene rings is 1. The lowest BCUT2D eigenvalue weighted by atomic mass is 10.1. The molecule has 0 unspecified atom stereocenters. The second kappa shape index (κ2) is 4.78. The van der Waals surface area contributed by atoms with Crippen LogP contribution in [0, 0.1) is 12.7 Å². The van der Waals surface area contributed by atoms with Crippen LogP contribution in [0.15, 0.2) is 30.6 Å². The molecule has 5 heteroatoms. The molecule has 2 aromatic rings. The summed E-state index contributed by atoms with van der Waals surface area (Å²) in [6.45, 7) is 1.99. The fourth-order valence-electron chi connectivity index (χ4n) is 1.41. The van der Waals surface area contributed by atoms with Gasteiger partial charge in [0.15, 0.2) is 0 Å². The molecule has 1 aromatic heterocycles. The molecule has 1 amide bonds. The van der Waals surface area contributed by atoms with E-state index in [0.717, 1.165) is 5.56 Å². The molecular weight excluding hydrogens is 221 g/mol. The van der Waals surface area contributed by atoms with Gasteiger partial charge in [-0.25, -0.2) is 4.39 Å². The van der Waals surface area contributed by atoms with Crippen molar-refractivity contribution in [2.24, 2.45) is 0 Å². The van der Waals surface area contributed by atoms with Crippen LogP contribution in [0.5, 0.6) is 0 Å². The van der Waals surface area contributed by atoms with Gasteiger partial charge in [0.25, 0.3) is 5.91 Å². The van der Waals surface area contributed by atoms with E-state index in [-0.39, 0.29) is 11.7 Å². The lowest BCUT2D eigenvalue weighted by Crippen LogP contribution is -2.22. The Balaban J connectivity index is 1.98. The van der Waals surface area contributed by atoms with E-state index in [1.54, 1.807) is 19.1 Å². The number of nitrogens with one attached hydrogen (secondary N) is 2. The van der Waals surface area contributed by atoms with Crippen LogP contribution in [0.4, 0.5) is 4.39 Å². The topological polar surface area (TPSA) is 57.8 Å². The average molecular weight is 233 g/mol. The number of aryl methyl sites for hydroxylation is 1. The molecule has 0 fully saturated rings. The van der Waals surface area contributed by atoms with Crippen molar-refractivity contribution in [2.45, 2.75) is 13.5 Å². The molecule has 4 nitrogen and oxygen atoms in total. The minimum atomic E-state index is -0.264. The lowest BCUT2D eigenvalue weighted by Gasteiger charge is -2.05. The number of H-pyrrole nitrogens is 1. The van der Waals surface area contributed by atoms with Crippen LogP contribution in [0.1, 0.15) is 21.5 Å². The molecule has 0 aliphatic carbocycles. The number of hydrogen-bond donors (Lipinski definition) is 2. The van der Waals surface area contributed by atoms with Gasteiger partial charge in [0.1, 0.15) is 5.82 Å². The highest BCUT2D eigenvalue weighted by Crippen LogP contribution is 2.09. The van der Waals surface area contributed by atoms with Crippen LogP contribution in [0.2, 0.25) is 0 Å². The molecule has 2 rings (SSSR count). The number of amides is 1. The van der Waals surface area contributed by atoms with Gasteiger partial charge < -0.3 is 5.32 Å². The summed E-state index contributed by atoms with van der Waals surface area (Å²) < 4.78 is 13.2. The fraction of sp³-hybridized carbons (Fsp3) is 0.167. The first-order chi connectivity index (χ1) is 8.16. The predicted molar refractivity (Wildman–Crippen MR) is 60.9 cm³/mol. The summed E-state index contributed by atoms with van der Waals surface area (Å²) in [5.74, 6) is -0.500. The molecule has 0 saturated heterocycles. The van der Waals surface area contributed by atoms with Gasteiger partial charge in [-0.2, -0.15) is 5.10 Å². The van der Waals surface area contributed by atoms with E-state index in [9.17, 15) is 9.18 Å². The van der Waals surface area contributed by atoms with Gasteiger partial charge in [-0.1, -0.05) is 12.1 Å². The van der Waals surface area contributed by atoms with Gasteiger partial charge in [0, 0.05) is 12.7 Å². The second-order valence-electron chi connectivity index (χ2n) is 3.75. The molecule has 1 heterocycles. The van der Waals surface area contributed by atoms with Gasteiger partial charge in [0.05, 0.1) is 11.8 Å². The molecule has 0 aliphatic rings. The standard InChI is InChI=1S/C12H12FN3O/c1-8-2-3-9(4-11(8)13)5-14-12(17)10-6-15-16-7-10/h2-4,6-7H,5H2,1H3,(H,14,17)(H,15,16). The van der Waals surface area contributed by atoms with Gasteiger partial charge in [-0.15, -0.1) is 0 Å². The van der Waals surface area contributed by atoms with Crippen molar-refractivity contribution in [3.8, 4) is 0 Å². The summed E-state index contributed by atoms with van der Waals surface area (Å²) in [6.07, 6.45) is 2.94. The zero-order valence-corrected chi connectivity index (χ0v) is 9.33. The van der Waals surface area contributed by atoms with Crippen LogP contribution in [0.3, 0.4) is 0 Å². The first-order valence-electron chi connectivity index (χ1n) is 5.19. The maximum Gasteiger partial charge on any atom is 0.254 e. The smallest absolute Gasteiger partial charge is 0.254 e. The molecule has 0 atom stereocenters. The Morgan fingerprint density at radius 1 is 1.53 bits per heavy atom. The van der Waals surface area contributed by atoms with Crippen LogP contribution >= 0.6 is 0 Å². The van der Waals surface area contributed by atoms with E-state index in [0.29, 0.717) is 17.7 Å². The van der Waals surface area contributed by atoms with Crippen LogP contribution in [-0.2, 0) is 6.54 Å². The molecule has 2 N–H and O–H groups in total. The van der Waals surface area contributed by atoms with Crippen LogP contribution in [0.25, 0.3) is 0 Å². The minimum Gasteiger partial charge on any atom is -0.348 e. The molecule has 0 spiro atoms. The Bertz CT molecular complexity index is 523. The van der Waals surface area contributed by atoms with Gasteiger partial charge in [-0.05, 0) is 24.1 Å². The first-order valence-corrected chi connectivity index (χ1v) is 5.19. The maximum absolute atomic E-state index is 13.2. The number of aromatic amines is 1. The largest absolute Gasteiger partial charge is 0.348 e. The molecular formula is C12H12FN3O. The molecule has 1 aromatic carbocycles. The van der Waals surface area contributed by atoms with E-state index in [4.69, 9.17) is 0 Å². The molecule has 88 valence electrons. The minimum absolute atomic E-state index is 0.236. The Labute approximate surface area is 97.9 Å². The summed E-state index contributed by atoms with van der Waals surface area (Å²) in [6, 6.07) is 4.90. The number of rotatable bonds is 3. The third kappa shape index (κ3) is 2.69. The highest BCUT2D eigenvalue weighted by Gasteiger charge is 2.06. The molecule has 17 heavy (non-hydrogen) atoms. The Hall–Kier alpha value is -2.17. The Morgan fingerprint density at radius 2 is 2.35 bits per heavy atom. The zero-order chi connectivity index (χ0) is 12.3. The second-order valence-corrected chi connectivity index (χ2v) is 3.75. The monoisotopic (exact) mass is 233 g/mol. The summed E-state index contributed by atoms with van der Waals surface area (Å²) in [5, 5.41) is 8.92. The van der Waals surface area contributed by atoms with E-state index in [1.165, 1.54) is 18.5 Å². The zero-order valence-electron chi connectivity index (χ0n) is 9.33. The molecule has 0 saturated carbocycles. The van der Waals surface area contributed by atoms with Crippen LogP contribution in [-0.4, -0.2) is 16.1 Å². The van der Waals surface area contributed by atoms with Crippen molar-refractivity contribution >= 4 is 5.91 Å². The first kappa shape index (κ1) is 11.3. The number of carbonyl (C=O) groups is 1. The fourth-order valence-corrected chi connectivity index (χ4v) is 1.41. The van der Waals surface area contributed by atoms with Crippen molar-refractivity contribution < 1.29 is 9.18 Å².